The fraction of sp³-hybridized carbons (Fsp3) is 0.375. The van der Waals surface area contributed by atoms with Crippen LogP contribution in [0.3, 0.4) is 0 Å². The highest BCUT2D eigenvalue weighted by Crippen LogP contribution is 2.36. The Balaban J connectivity index is 1.26. The zero-order valence-corrected chi connectivity index (χ0v) is 19.5. The SMILES string of the molecule is COc1cc2c(-c3cnn4cc(N5CC(C6CCS(=O)(=O)CC6)C5)cnc34)ccnc2cc1F. The molecule has 2 saturated heterocycles. The first-order chi connectivity index (χ1) is 16.4. The Morgan fingerprint density at radius 1 is 1.06 bits per heavy atom. The van der Waals surface area contributed by atoms with Crippen LogP contribution in [-0.2, 0) is 9.84 Å². The lowest BCUT2D eigenvalue weighted by Gasteiger charge is -2.45. The number of halogens is 1. The number of benzene rings is 1. The maximum absolute atomic E-state index is 14.2. The van der Waals surface area contributed by atoms with Gasteiger partial charge in [0.1, 0.15) is 9.84 Å². The molecule has 0 unspecified atom stereocenters. The number of aromatic nitrogens is 4. The first kappa shape index (κ1) is 21.3. The Hall–Kier alpha value is -3.27. The summed E-state index contributed by atoms with van der Waals surface area (Å²) in [5.41, 5.74) is 3.92. The van der Waals surface area contributed by atoms with Crippen LogP contribution >= 0.6 is 0 Å². The molecule has 0 atom stereocenters. The van der Waals surface area contributed by atoms with E-state index < -0.39 is 15.7 Å². The minimum atomic E-state index is -2.83. The van der Waals surface area contributed by atoms with E-state index in [4.69, 9.17) is 9.72 Å². The molecule has 5 heterocycles. The van der Waals surface area contributed by atoms with Gasteiger partial charge < -0.3 is 9.64 Å². The monoisotopic (exact) mass is 481 g/mol. The molecule has 3 aromatic heterocycles. The maximum Gasteiger partial charge on any atom is 0.167 e. The predicted octanol–water partition coefficient (Wildman–Crippen LogP) is 3.35. The van der Waals surface area contributed by atoms with Crippen molar-refractivity contribution >= 4 is 32.1 Å². The maximum atomic E-state index is 14.2. The summed E-state index contributed by atoms with van der Waals surface area (Å²) in [5, 5.41) is 5.29. The molecular formula is C24H24FN5O3S. The molecule has 10 heteroatoms. The third-order valence-corrected chi connectivity index (χ3v) is 8.90. The number of fused-ring (bicyclic) bond motifs is 2. The number of hydrogen-bond acceptors (Lipinski definition) is 7. The Morgan fingerprint density at radius 2 is 1.85 bits per heavy atom. The van der Waals surface area contributed by atoms with Gasteiger partial charge in [0.05, 0.1) is 48.4 Å². The summed E-state index contributed by atoms with van der Waals surface area (Å²) in [7, 11) is -1.39. The molecular weight excluding hydrogens is 457 g/mol. The lowest BCUT2D eigenvalue weighted by atomic mass is 9.82. The van der Waals surface area contributed by atoms with E-state index in [1.165, 1.54) is 13.2 Å². The average Bonchev–Trinajstić information content (AvgIpc) is 3.21. The van der Waals surface area contributed by atoms with Gasteiger partial charge in [0.2, 0.25) is 0 Å². The predicted molar refractivity (Wildman–Crippen MR) is 127 cm³/mol. The van der Waals surface area contributed by atoms with Crippen molar-refractivity contribution in [2.24, 2.45) is 11.8 Å². The Kier molecular flexibility index (Phi) is 4.94. The van der Waals surface area contributed by atoms with Crippen LogP contribution < -0.4 is 9.64 Å². The van der Waals surface area contributed by atoms with Gasteiger partial charge in [-0.25, -0.2) is 22.3 Å². The minimum Gasteiger partial charge on any atom is -0.494 e. The van der Waals surface area contributed by atoms with Crippen molar-refractivity contribution < 1.29 is 17.5 Å². The van der Waals surface area contributed by atoms with Gasteiger partial charge >= 0.3 is 0 Å². The van der Waals surface area contributed by atoms with Crippen molar-refractivity contribution in [3.8, 4) is 16.9 Å². The molecule has 0 radical (unpaired) electrons. The van der Waals surface area contributed by atoms with E-state index >= 15 is 0 Å². The second kappa shape index (κ2) is 7.90. The average molecular weight is 482 g/mol. The number of anilines is 1. The molecule has 4 aromatic rings. The van der Waals surface area contributed by atoms with Gasteiger partial charge in [0.25, 0.3) is 0 Å². The Labute approximate surface area is 196 Å². The second-order valence-electron chi connectivity index (χ2n) is 9.16. The van der Waals surface area contributed by atoms with Crippen molar-refractivity contribution in [1.82, 2.24) is 19.6 Å². The number of ether oxygens (including phenoxy) is 1. The zero-order valence-electron chi connectivity index (χ0n) is 18.7. The quantitative estimate of drug-likeness (QED) is 0.442. The van der Waals surface area contributed by atoms with Crippen LogP contribution in [0.25, 0.3) is 27.7 Å². The fourth-order valence-electron chi connectivity index (χ4n) is 5.16. The number of rotatable bonds is 4. The molecule has 2 aliphatic heterocycles. The summed E-state index contributed by atoms with van der Waals surface area (Å²) in [6.07, 6.45) is 8.78. The lowest BCUT2D eigenvalue weighted by molar-refractivity contribution is 0.253. The van der Waals surface area contributed by atoms with Crippen LogP contribution in [0.4, 0.5) is 10.1 Å². The zero-order chi connectivity index (χ0) is 23.4. The summed E-state index contributed by atoms with van der Waals surface area (Å²) in [5.74, 6) is 1.36. The molecule has 0 amide bonds. The van der Waals surface area contributed by atoms with Crippen molar-refractivity contribution in [1.29, 1.82) is 0 Å². The number of pyridine rings is 1. The molecule has 1 aromatic carbocycles. The first-order valence-corrected chi connectivity index (χ1v) is 13.2. The van der Waals surface area contributed by atoms with E-state index in [1.807, 2.05) is 18.5 Å². The number of nitrogens with zero attached hydrogens (tertiary/aromatic N) is 5. The van der Waals surface area contributed by atoms with Crippen LogP contribution in [0, 0.1) is 17.7 Å². The number of methoxy groups -OCH3 is 1. The molecule has 0 saturated carbocycles. The summed E-state index contributed by atoms with van der Waals surface area (Å²) in [6.45, 7) is 1.82. The summed E-state index contributed by atoms with van der Waals surface area (Å²) in [4.78, 5) is 11.3. The van der Waals surface area contributed by atoms with E-state index in [0.29, 0.717) is 34.5 Å². The molecule has 0 bridgehead atoms. The van der Waals surface area contributed by atoms with Crippen LogP contribution in [-0.4, -0.2) is 59.7 Å². The molecule has 2 fully saturated rings. The van der Waals surface area contributed by atoms with Crippen molar-refractivity contribution in [3.05, 3.63) is 48.8 Å². The summed E-state index contributed by atoms with van der Waals surface area (Å²) in [6, 6.07) is 4.90. The smallest absolute Gasteiger partial charge is 0.167 e. The van der Waals surface area contributed by atoms with E-state index in [2.05, 4.69) is 15.0 Å². The van der Waals surface area contributed by atoms with Gasteiger partial charge in [-0.05, 0) is 42.4 Å². The van der Waals surface area contributed by atoms with Crippen molar-refractivity contribution in [2.45, 2.75) is 12.8 Å². The van der Waals surface area contributed by atoms with Gasteiger partial charge in [0, 0.05) is 36.3 Å². The lowest BCUT2D eigenvalue weighted by Crippen LogP contribution is -2.51. The van der Waals surface area contributed by atoms with Gasteiger partial charge in [-0.1, -0.05) is 0 Å². The largest absolute Gasteiger partial charge is 0.494 e. The third-order valence-electron chi connectivity index (χ3n) is 7.19. The van der Waals surface area contributed by atoms with Gasteiger partial charge in [-0.2, -0.15) is 5.10 Å². The number of sulfone groups is 1. The molecule has 0 aliphatic carbocycles. The van der Waals surface area contributed by atoms with Crippen LogP contribution in [0.2, 0.25) is 0 Å². The summed E-state index contributed by atoms with van der Waals surface area (Å²) < 4.78 is 44.5. The minimum absolute atomic E-state index is 0.163. The highest BCUT2D eigenvalue weighted by Gasteiger charge is 2.37. The Morgan fingerprint density at radius 3 is 2.62 bits per heavy atom. The van der Waals surface area contributed by atoms with Crippen LogP contribution in [0.15, 0.2) is 43.0 Å². The standard InChI is InChI=1S/C24H24FN5O3S/c1-33-23-8-19-18(2-5-26-22(19)9-21(23)25)20-11-28-30-14-17(10-27-24(20)30)29-12-16(13-29)15-3-6-34(31,32)7-4-15/h2,5,8-11,14-16H,3-4,6-7,12-13H2,1H3. The molecule has 34 heavy (non-hydrogen) atoms. The number of hydrogen-bond donors (Lipinski definition) is 0. The van der Waals surface area contributed by atoms with E-state index in [0.717, 1.165) is 48.1 Å². The summed E-state index contributed by atoms with van der Waals surface area (Å²) >= 11 is 0. The van der Waals surface area contributed by atoms with Gasteiger partial charge in [0.15, 0.2) is 17.2 Å². The molecule has 0 N–H and O–H groups in total. The topological polar surface area (TPSA) is 89.7 Å². The highest BCUT2D eigenvalue weighted by atomic mass is 32.2. The van der Waals surface area contributed by atoms with E-state index in [-0.39, 0.29) is 5.75 Å². The first-order valence-electron chi connectivity index (χ1n) is 11.3. The second-order valence-corrected chi connectivity index (χ2v) is 11.5. The van der Waals surface area contributed by atoms with Crippen LogP contribution in [0.5, 0.6) is 5.75 Å². The Bertz CT molecular complexity index is 1500. The van der Waals surface area contributed by atoms with Gasteiger partial charge in [-0.15, -0.1) is 0 Å². The molecule has 0 spiro atoms. The van der Waals surface area contributed by atoms with Gasteiger partial charge in [-0.3, -0.25) is 4.98 Å². The van der Waals surface area contributed by atoms with Crippen molar-refractivity contribution in [2.75, 3.05) is 36.6 Å². The third kappa shape index (κ3) is 3.56. The van der Waals surface area contributed by atoms with E-state index in [9.17, 15) is 12.8 Å². The van der Waals surface area contributed by atoms with E-state index in [1.54, 1.807) is 23.0 Å². The van der Waals surface area contributed by atoms with Crippen molar-refractivity contribution in [3.63, 3.8) is 0 Å². The normalized spacial score (nSPS) is 18.9. The highest BCUT2D eigenvalue weighted by molar-refractivity contribution is 7.91. The molecule has 8 nitrogen and oxygen atoms in total. The van der Waals surface area contributed by atoms with Crippen LogP contribution in [0.1, 0.15) is 12.8 Å². The molecule has 2 aliphatic rings. The molecule has 176 valence electrons. The molecule has 6 rings (SSSR count). The fourth-order valence-corrected chi connectivity index (χ4v) is 6.69.